The van der Waals surface area contributed by atoms with Crippen LogP contribution in [0.2, 0.25) is 0 Å². The maximum Gasteiger partial charge on any atom is 0.271 e. The summed E-state index contributed by atoms with van der Waals surface area (Å²) in [5.41, 5.74) is 0.000474. The number of ether oxygens (including phenoxy) is 1. The maximum atomic E-state index is 10.6. The van der Waals surface area contributed by atoms with Crippen LogP contribution in [-0.2, 0) is 0 Å². The van der Waals surface area contributed by atoms with Gasteiger partial charge in [-0.15, -0.1) is 0 Å². The number of nitrogens with zero attached hydrogens (tertiary/aromatic N) is 2. The lowest BCUT2D eigenvalue weighted by Gasteiger charge is -2.08. The van der Waals surface area contributed by atoms with E-state index in [-0.39, 0.29) is 11.3 Å². The Labute approximate surface area is 122 Å². The van der Waals surface area contributed by atoms with Crippen molar-refractivity contribution < 1.29 is 9.66 Å². The average Bonchev–Trinajstić information content (AvgIpc) is 2.41. The number of halogens is 1. The highest BCUT2D eigenvalue weighted by molar-refractivity contribution is 14.1. The molecule has 5 nitrogen and oxygen atoms in total. The quantitative estimate of drug-likeness (QED) is 0.470. The first-order chi connectivity index (χ1) is 9.11. The van der Waals surface area contributed by atoms with Crippen molar-refractivity contribution in [1.82, 2.24) is 0 Å². The van der Waals surface area contributed by atoms with Crippen LogP contribution in [0.5, 0.6) is 11.5 Å². The normalized spacial score (nSPS) is 9.68. The van der Waals surface area contributed by atoms with Gasteiger partial charge in [-0.2, -0.15) is 5.26 Å². The van der Waals surface area contributed by atoms with Crippen LogP contribution in [-0.4, -0.2) is 4.92 Å². The number of hydrogen-bond acceptors (Lipinski definition) is 4. The third-order valence-electron chi connectivity index (χ3n) is 2.35. The van der Waals surface area contributed by atoms with Gasteiger partial charge >= 0.3 is 0 Å². The summed E-state index contributed by atoms with van der Waals surface area (Å²) in [5, 5.41) is 19.7. The van der Waals surface area contributed by atoms with Gasteiger partial charge in [-0.3, -0.25) is 10.1 Å². The number of non-ortho nitro benzene ring substituents is 1. The highest BCUT2D eigenvalue weighted by atomic mass is 127. The fourth-order valence-corrected chi connectivity index (χ4v) is 1.95. The number of hydrogen-bond donors (Lipinski definition) is 0. The molecule has 0 saturated heterocycles. The first-order valence-electron chi connectivity index (χ1n) is 5.22. The van der Waals surface area contributed by atoms with Gasteiger partial charge in [-0.25, -0.2) is 0 Å². The minimum atomic E-state index is -0.545. The van der Waals surface area contributed by atoms with Gasteiger partial charge < -0.3 is 4.74 Å². The monoisotopic (exact) mass is 366 g/mol. The molecule has 0 bridgehead atoms. The molecule has 19 heavy (non-hydrogen) atoms. The molecule has 0 N–H and O–H groups in total. The molecule has 0 aromatic heterocycles. The van der Waals surface area contributed by atoms with Crippen molar-refractivity contribution in [2.75, 3.05) is 0 Å². The molecule has 2 aromatic carbocycles. The zero-order valence-corrected chi connectivity index (χ0v) is 11.7. The van der Waals surface area contributed by atoms with Gasteiger partial charge in [-0.05, 0) is 40.8 Å². The first-order valence-corrected chi connectivity index (χ1v) is 6.30. The van der Waals surface area contributed by atoms with Crippen molar-refractivity contribution in [3.8, 4) is 17.6 Å². The van der Waals surface area contributed by atoms with Crippen molar-refractivity contribution in [3.05, 3.63) is 61.7 Å². The van der Waals surface area contributed by atoms with E-state index >= 15 is 0 Å². The van der Waals surface area contributed by atoms with Gasteiger partial charge in [0.25, 0.3) is 5.69 Å². The molecule has 0 fully saturated rings. The number of nitro groups is 1. The Morgan fingerprint density at radius 2 is 1.95 bits per heavy atom. The molecule has 0 aliphatic heterocycles. The van der Waals surface area contributed by atoms with Gasteiger partial charge in [0.15, 0.2) is 0 Å². The molecular weight excluding hydrogens is 359 g/mol. The summed E-state index contributed by atoms with van der Waals surface area (Å²) in [6, 6.07) is 13.2. The van der Waals surface area contributed by atoms with Crippen LogP contribution in [0.25, 0.3) is 0 Å². The zero-order chi connectivity index (χ0) is 13.8. The van der Waals surface area contributed by atoms with Crippen LogP contribution in [0.4, 0.5) is 5.69 Å². The molecule has 0 radical (unpaired) electrons. The van der Waals surface area contributed by atoms with E-state index < -0.39 is 4.92 Å². The average molecular weight is 366 g/mol. The summed E-state index contributed by atoms with van der Waals surface area (Å²) < 4.78 is 6.50. The number of rotatable bonds is 3. The summed E-state index contributed by atoms with van der Waals surface area (Å²) >= 11 is 2.11. The summed E-state index contributed by atoms with van der Waals surface area (Å²) in [6.07, 6.45) is 0. The molecule has 0 atom stereocenters. The number of nitro benzene ring substituents is 1. The van der Waals surface area contributed by atoms with Crippen molar-refractivity contribution in [3.63, 3.8) is 0 Å². The molecule has 0 heterocycles. The molecule has 2 aromatic rings. The molecule has 6 heteroatoms. The smallest absolute Gasteiger partial charge is 0.271 e. The molecule has 0 unspecified atom stereocenters. The Morgan fingerprint density at radius 3 is 2.58 bits per heavy atom. The third-order valence-corrected chi connectivity index (χ3v) is 3.24. The summed E-state index contributed by atoms with van der Waals surface area (Å²) in [7, 11) is 0. The summed E-state index contributed by atoms with van der Waals surface area (Å²) in [4.78, 5) is 10.1. The first kappa shape index (κ1) is 13.3. The van der Waals surface area contributed by atoms with Crippen LogP contribution in [0.3, 0.4) is 0 Å². The molecule has 2 rings (SSSR count). The molecule has 0 aliphatic carbocycles. The molecular formula is C13H7IN2O3. The molecule has 0 spiro atoms. The van der Waals surface area contributed by atoms with E-state index in [1.807, 2.05) is 24.3 Å². The lowest BCUT2D eigenvalue weighted by molar-refractivity contribution is -0.384. The summed E-state index contributed by atoms with van der Waals surface area (Å²) in [6.45, 7) is 0. The van der Waals surface area contributed by atoms with Crippen molar-refractivity contribution in [2.24, 2.45) is 0 Å². The highest BCUT2D eigenvalue weighted by Crippen LogP contribution is 2.30. The van der Waals surface area contributed by atoms with Crippen LogP contribution >= 0.6 is 22.6 Å². The number of para-hydroxylation sites is 1. The zero-order valence-electron chi connectivity index (χ0n) is 9.54. The van der Waals surface area contributed by atoms with Crippen molar-refractivity contribution in [2.45, 2.75) is 0 Å². The largest absolute Gasteiger partial charge is 0.455 e. The van der Waals surface area contributed by atoms with E-state index in [1.165, 1.54) is 18.2 Å². The SMILES string of the molecule is N#Cc1cc([N+](=O)[O-])ccc1Oc1ccccc1I. The second-order valence-corrected chi connectivity index (χ2v) is 4.74. The predicted octanol–water partition coefficient (Wildman–Crippen LogP) is 3.86. The van der Waals surface area contributed by atoms with E-state index in [1.54, 1.807) is 6.07 Å². The van der Waals surface area contributed by atoms with Crippen LogP contribution in [0.1, 0.15) is 5.56 Å². The van der Waals surface area contributed by atoms with E-state index in [9.17, 15) is 10.1 Å². The second-order valence-electron chi connectivity index (χ2n) is 3.58. The van der Waals surface area contributed by atoms with Gasteiger partial charge in [0.1, 0.15) is 23.1 Å². The topological polar surface area (TPSA) is 76.2 Å². The number of benzene rings is 2. The Morgan fingerprint density at radius 1 is 1.21 bits per heavy atom. The standard InChI is InChI=1S/C13H7IN2O3/c14-11-3-1-2-4-13(11)19-12-6-5-10(16(17)18)7-9(12)8-15/h1-7H. The van der Waals surface area contributed by atoms with Gasteiger partial charge in [0.2, 0.25) is 0 Å². The van der Waals surface area contributed by atoms with Gasteiger partial charge in [0, 0.05) is 12.1 Å². The van der Waals surface area contributed by atoms with Crippen LogP contribution < -0.4 is 4.74 Å². The minimum absolute atomic E-state index is 0.133. The third kappa shape index (κ3) is 3.00. The second kappa shape index (κ2) is 5.67. The Kier molecular flexibility index (Phi) is 3.97. The molecule has 0 amide bonds. The predicted molar refractivity (Wildman–Crippen MR) is 77.0 cm³/mol. The van der Waals surface area contributed by atoms with Crippen molar-refractivity contribution in [1.29, 1.82) is 5.26 Å². The van der Waals surface area contributed by atoms with Gasteiger partial charge in [0.05, 0.1) is 8.49 Å². The van der Waals surface area contributed by atoms with E-state index in [2.05, 4.69) is 22.6 Å². The van der Waals surface area contributed by atoms with E-state index in [0.717, 1.165) is 3.57 Å². The Balaban J connectivity index is 2.39. The maximum absolute atomic E-state index is 10.6. The highest BCUT2D eigenvalue weighted by Gasteiger charge is 2.12. The molecule has 94 valence electrons. The summed E-state index contributed by atoms with van der Waals surface area (Å²) in [5.74, 6) is 0.908. The fraction of sp³-hybridized carbons (Fsp3) is 0. The lowest BCUT2D eigenvalue weighted by atomic mass is 10.2. The van der Waals surface area contributed by atoms with Crippen molar-refractivity contribution >= 4 is 28.3 Å². The Bertz CT molecular complexity index is 680. The number of nitriles is 1. The van der Waals surface area contributed by atoms with Crippen LogP contribution in [0, 0.1) is 25.0 Å². The molecule has 0 aliphatic rings. The molecule has 0 saturated carbocycles. The van der Waals surface area contributed by atoms with E-state index in [0.29, 0.717) is 11.5 Å². The van der Waals surface area contributed by atoms with Crippen LogP contribution in [0.15, 0.2) is 42.5 Å². The lowest BCUT2D eigenvalue weighted by Crippen LogP contribution is -1.93. The Hall–Kier alpha value is -2.14. The minimum Gasteiger partial charge on any atom is -0.455 e. The fourth-order valence-electron chi connectivity index (χ4n) is 1.45. The van der Waals surface area contributed by atoms with E-state index in [4.69, 9.17) is 10.00 Å². The van der Waals surface area contributed by atoms with Gasteiger partial charge in [-0.1, -0.05) is 12.1 Å².